The quantitative estimate of drug-likeness (QED) is 0.942. The van der Waals surface area contributed by atoms with Crippen molar-refractivity contribution >= 4 is 17.2 Å². The minimum absolute atomic E-state index is 0.103. The van der Waals surface area contributed by atoms with Gasteiger partial charge in [-0.15, -0.1) is 11.3 Å². The lowest BCUT2D eigenvalue weighted by molar-refractivity contribution is 0.0325. The Balaban J connectivity index is 1.99. The number of hydrogen-bond acceptors (Lipinski definition) is 5. The van der Waals surface area contributed by atoms with Gasteiger partial charge in [0, 0.05) is 13.1 Å². The van der Waals surface area contributed by atoms with Crippen LogP contribution in [0.3, 0.4) is 0 Å². The van der Waals surface area contributed by atoms with Crippen LogP contribution in [0.2, 0.25) is 0 Å². The van der Waals surface area contributed by atoms with Crippen molar-refractivity contribution in [1.29, 1.82) is 0 Å². The molecular weight excluding hydrogens is 298 g/mol. The highest BCUT2D eigenvalue weighted by atomic mass is 32.1. The molecule has 6 heteroatoms. The maximum atomic E-state index is 12.8. The fourth-order valence-corrected chi connectivity index (χ4v) is 3.55. The molecule has 2 heterocycles. The summed E-state index contributed by atoms with van der Waals surface area (Å²) >= 11 is 1.54. The third-order valence-corrected chi connectivity index (χ3v) is 4.69. The van der Waals surface area contributed by atoms with Crippen LogP contribution in [-0.4, -0.2) is 41.7 Å². The Morgan fingerprint density at radius 3 is 3.05 bits per heavy atom. The van der Waals surface area contributed by atoms with Gasteiger partial charge in [-0.1, -0.05) is 29.8 Å². The largest absolute Gasteiger partial charge is 0.355 e. The van der Waals surface area contributed by atoms with Gasteiger partial charge >= 0.3 is 0 Å². The van der Waals surface area contributed by atoms with E-state index < -0.39 is 0 Å². The molecule has 0 aliphatic carbocycles. The van der Waals surface area contributed by atoms with Crippen molar-refractivity contribution in [2.24, 2.45) is 5.73 Å². The average Bonchev–Trinajstić information content (AvgIpc) is 3.12. The van der Waals surface area contributed by atoms with Gasteiger partial charge in [-0.3, -0.25) is 4.79 Å². The number of benzene rings is 1. The summed E-state index contributed by atoms with van der Waals surface area (Å²) in [5.74, 6) is -0.103. The van der Waals surface area contributed by atoms with Crippen molar-refractivity contribution in [3.63, 3.8) is 0 Å². The Morgan fingerprint density at radius 2 is 2.32 bits per heavy atom. The Labute approximate surface area is 133 Å². The number of carbonyl (C=O) groups is 1. The summed E-state index contributed by atoms with van der Waals surface area (Å²) in [4.78, 5) is 19.9. The molecule has 0 bridgehead atoms. The summed E-state index contributed by atoms with van der Waals surface area (Å²) < 4.78 is 5.48. The average molecular weight is 317 g/mol. The van der Waals surface area contributed by atoms with Crippen LogP contribution in [0.1, 0.15) is 21.1 Å². The molecule has 3 rings (SSSR count). The molecule has 1 aliphatic rings. The highest BCUT2D eigenvalue weighted by Gasteiger charge is 2.32. The standard InChI is InChI=1S/C16H19N3O2S/c1-10-4-3-5-12(8-10)15-14(18-11(2)22-15)16(20)19-6-7-21-13(19)9-17/h3-5,8,13H,6-7,9,17H2,1-2H3. The van der Waals surface area contributed by atoms with Gasteiger partial charge in [0.15, 0.2) is 0 Å². The van der Waals surface area contributed by atoms with E-state index in [1.165, 1.54) is 0 Å². The summed E-state index contributed by atoms with van der Waals surface area (Å²) in [5, 5.41) is 0.879. The highest BCUT2D eigenvalue weighted by molar-refractivity contribution is 7.15. The molecular formula is C16H19N3O2S. The zero-order valence-corrected chi connectivity index (χ0v) is 13.5. The molecule has 1 fully saturated rings. The van der Waals surface area contributed by atoms with Gasteiger partial charge in [0.25, 0.3) is 5.91 Å². The van der Waals surface area contributed by atoms with Crippen LogP contribution in [0.15, 0.2) is 24.3 Å². The lowest BCUT2D eigenvalue weighted by atomic mass is 10.1. The van der Waals surface area contributed by atoms with Crippen molar-refractivity contribution < 1.29 is 9.53 Å². The number of thiazole rings is 1. The molecule has 2 N–H and O–H groups in total. The van der Waals surface area contributed by atoms with E-state index >= 15 is 0 Å². The first-order valence-electron chi connectivity index (χ1n) is 7.27. The molecule has 22 heavy (non-hydrogen) atoms. The van der Waals surface area contributed by atoms with Gasteiger partial charge in [0.2, 0.25) is 0 Å². The number of rotatable bonds is 3. The number of nitrogens with two attached hydrogens (primary N) is 1. The van der Waals surface area contributed by atoms with E-state index in [0.29, 0.717) is 25.4 Å². The maximum absolute atomic E-state index is 12.8. The third-order valence-electron chi connectivity index (χ3n) is 3.67. The SMILES string of the molecule is Cc1cccc(-c2sc(C)nc2C(=O)N2CCOC2CN)c1. The maximum Gasteiger partial charge on any atom is 0.276 e. The fraction of sp³-hybridized carbons (Fsp3) is 0.375. The number of aryl methyl sites for hydroxylation is 2. The summed E-state index contributed by atoms with van der Waals surface area (Å²) in [6, 6.07) is 8.12. The molecule has 1 atom stereocenters. The van der Waals surface area contributed by atoms with Crippen molar-refractivity contribution in [2.45, 2.75) is 20.1 Å². The second kappa shape index (κ2) is 6.16. The lowest BCUT2D eigenvalue weighted by Gasteiger charge is -2.21. The van der Waals surface area contributed by atoms with E-state index in [-0.39, 0.29) is 12.1 Å². The zero-order valence-electron chi connectivity index (χ0n) is 12.7. The highest BCUT2D eigenvalue weighted by Crippen LogP contribution is 2.32. The normalized spacial score (nSPS) is 18.0. The predicted octanol–water partition coefficient (Wildman–Crippen LogP) is 2.18. The minimum Gasteiger partial charge on any atom is -0.355 e. The second-order valence-electron chi connectivity index (χ2n) is 5.34. The minimum atomic E-state index is -0.347. The third kappa shape index (κ3) is 2.77. The molecule has 5 nitrogen and oxygen atoms in total. The van der Waals surface area contributed by atoms with E-state index in [4.69, 9.17) is 10.5 Å². The van der Waals surface area contributed by atoms with Gasteiger partial charge in [-0.2, -0.15) is 0 Å². The van der Waals surface area contributed by atoms with Crippen LogP contribution in [0.5, 0.6) is 0 Å². The van der Waals surface area contributed by atoms with Crippen LogP contribution in [0, 0.1) is 13.8 Å². The Morgan fingerprint density at radius 1 is 1.50 bits per heavy atom. The predicted molar refractivity (Wildman–Crippen MR) is 86.9 cm³/mol. The summed E-state index contributed by atoms with van der Waals surface area (Å²) in [7, 11) is 0. The Hall–Kier alpha value is -1.76. The van der Waals surface area contributed by atoms with Crippen LogP contribution < -0.4 is 5.73 Å². The number of ether oxygens (including phenoxy) is 1. The zero-order chi connectivity index (χ0) is 15.7. The van der Waals surface area contributed by atoms with Gasteiger partial charge in [0.1, 0.15) is 11.9 Å². The van der Waals surface area contributed by atoms with Crippen molar-refractivity contribution in [3.8, 4) is 10.4 Å². The van der Waals surface area contributed by atoms with Crippen LogP contribution in [0.4, 0.5) is 0 Å². The summed E-state index contributed by atoms with van der Waals surface area (Å²) in [5.41, 5.74) is 8.36. The monoisotopic (exact) mass is 317 g/mol. The van der Waals surface area contributed by atoms with E-state index in [2.05, 4.69) is 11.1 Å². The van der Waals surface area contributed by atoms with Crippen molar-refractivity contribution in [2.75, 3.05) is 19.7 Å². The second-order valence-corrected chi connectivity index (χ2v) is 6.54. The summed E-state index contributed by atoms with van der Waals surface area (Å²) in [6.07, 6.45) is -0.347. The molecule has 1 saturated heterocycles. The Kier molecular flexibility index (Phi) is 4.24. The van der Waals surface area contributed by atoms with Gasteiger partial charge < -0.3 is 15.4 Å². The lowest BCUT2D eigenvalue weighted by Crippen LogP contribution is -2.41. The van der Waals surface area contributed by atoms with Gasteiger partial charge in [-0.25, -0.2) is 4.98 Å². The molecule has 2 aromatic rings. The van der Waals surface area contributed by atoms with E-state index in [1.807, 2.05) is 32.0 Å². The van der Waals surface area contributed by atoms with Gasteiger partial charge in [0.05, 0.1) is 16.5 Å². The van der Waals surface area contributed by atoms with Crippen LogP contribution in [-0.2, 0) is 4.74 Å². The Bertz CT molecular complexity index is 698. The number of carbonyl (C=O) groups excluding carboxylic acids is 1. The van der Waals surface area contributed by atoms with Crippen molar-refractivity contribution in [3.05, 3.63) is 40.5 Å². The van der Waals surface area contributed by atoms with Gasteiger partial charge in [-0.05, 0) is 19.4 Å². The first-order chi connectivity index (χ1) is 10.6. The molecule has 1 unspecified atom stereocenters. The first kappa shape index (κ1) is 15.1. The van der Waals surface area contributed by atoms with Crippen LogP contribution in [0.25, 0.3) is 10.4 Å². The molecule has 1 aromatic carbocycles. The molecule has 1 amide bonds. The molecule has 1 aromatic heterocycles. The van der Waals surface area contributed by atoms with E-state index in [9.17, 15) is 4.79 Å². The fourth-order valence-electron chi connectivity index (χ4n) is 2.64. The van der Waals surface area contributed by atoms with E-state index in [1.54, 1.807) is 16.2 Å². The molecule has 0 saturated carbocycles. The number of amides is 1. The number of hydrogen-bond donors (Lipinski definition) is 1. The smallest absolute Gasteiger partial charge is 0.276 e. The molecule has 0 spiro atoms. The molecule has 0 radical (unpaired) electrons. The molecule has 1 aliphatic heterocycles. The summed E-state index contributed by atoms with van der Waals surface area (Å²) in [6.45, 7) is 5.34. The first-order valence-corrected chi connectivity index (χ1v) is 8.09. The van der Waals surface area contributed by atoms with Crippen molar-refractivity contribution in [1.82, 2.24) is 9.88 Å². The number of aromatic nitrogens is 1. The topological polar surface area (TPSA) is 68.5 Å². The molecule has 116 valence electrons. The van der Waals surface area contributed by atoms with Crippen LogP contribution >= 0.6 is 11.3 Å². The van der Waals surface area contributed by atoms with E-state index in [0.717, 1.165) is 21.0 Å². The number of nitrogens with zero attached hydrogens (tertiary/aromatic N) is 2.